The van der Waals surface area contributed by atoms with E-state index in [1.807, 2.05) is 18.4 Å². The smallest absolute Gasteiger partial charge is 0.0713 e. The van der Waals surface area contributed by atoms with Crippen LogP contribution in [0.1, 0.15) is 5.69 Å². The maximum absolute atomic E-state index is 4.15. The number of aromatic nitrogens is 2. The largest absolute Gasteiger partial charge is 0.249 e. The molecule has 0 fully saturated rings. The molecular weight excluding hydrogens is 138 g/mol. The van der Waals surface area contributed by atoms with Crippen molar-refractivity contribution in [2.75, 3.05) is 0 Å². The first-order valence-corrected chi connectivity index (χ1v) is 3.76. The first kappa shape index (κ1) is 6.19. The van der Waals surface area contributed by atoms with Gasteiger partial charge in [-0.3, -0.25) is 0 Å². The number of nitrogens with zero attached hydrogens (tertiary/aromatic N) is 2. The Morgan fingerprint density at radius 3 is 2.50 bits per heavy atom. The Balaban J connectivity index is 3.14. The standard InChI is InChI=1S/C4H8N2P2/c1-3-4(7)8-6(2)5-3/h7H2,1-2H3. The Morgan fingerprint density at radius 2 is 2.38 bits per heavy atom. The molecule has 1 aromatic heterocycles. The van der Waals surface area contributed by atoms with Crippen molar-refractivity contribution in [2.24, 2.45) is 7.05 Å². The van der Waals surface area contributed by atoms with E-state index in [1.165, 1.54) is 13.4 Å². The average molecular weight is 146 g/mol. The molecule has 44 valence electrons. The summed E-state index contributed by atoms with van der Waals surface area (Å²) in [5.74, 6) is 0. The van der Waals surface area contributed by atoms with E-state index < -0.39 is 0 Å². The van der Waals surface area contributed by atoms with Gasteiger partial charge in [0.1, 0.15) is 0 Å². The van der Waals surface area contributed by atoms with Crippen molar-refractivity contribution in [3.63, 3.8) is 0 Å². The molecule has 2 nitrogen and oxygen atoms in total. The van der Waals surface area contributed by atoms with E-state index in [9.17, 15) is 0 Å². The van der Waals surface area contributed by atoms with E-state index in [0.717, 1.165) is 5.69 Å². The summed E-state index contributed by atoms with van der Waals surface area (Å²) in [4.78, 5) is 0. The van der Waals surface area contributed by atoms with Gasteiger partial charge in [-0.05, 0) is 6.92 Å². The lowest BCUT2D eigenvalue weighted by molar-refractivity contribution is 0.825. The molecule has 0 aliphatic carbocycles. The SMILES string of the molecule is Cc1nn(C)pc1P. The second kappa shape index (κ2) is 2.13. The van der Waals surface area contributed by atoms with Crippen molar-refractivity contribution >= 4 is 22.6 Å². The molecule has 8 heavy (non-hydrogen) atoms. The van der Waals surface area contributed by atoms with Crippen LogP contribution in [0, 0.1) is 6.92 Å². The monoisotopic (exact) mass is 146 g/mol. The van der Waals surface area contributed by atoms with Crippen LogP contribution in [0.15, 0.2) is 0 Å². The van der Waals surface area contributed by atoms with E-state index in [0.29, 0.717) is 0 Å². The average Bonchev–Trinajstić information content (AvgIpc) is 1.85. The number of hydrogen-bond donors (Lipinski definition) is 0. The summed E-state index contributed by atoms with van der Waals surface area (Å²) >= 11 is 0. The van der Waals surface area contributed by atoms with Crippen LogP contribution in [0.25, 0.3) is 0 Å². The Morgan fingerprint density at radius 1 is 1.75 bits per heavy atom. The van der Waals surface area contributed by atoms with E-state index in [-0.39, 0.29) is 0 Å². The van der Waals surface area contributed by atoms with Crippen LogP contribution < -0.4 is 5.04 Å². The quantitative estimate of drug-likeness (QED) is 0.495. The van der Waals surface area contributed by atoms with Crippen LogP contribution >= 0.6 is 17.6 Å². The molecule has 0 aliphatic rings. The maximum Gasteiger partial charge on any atom is 0.0713 e. The Bertz CT molecular complexity index is 174. The molecule has 0 saturated heterocycles. The Hall–Kier alpha value is 0.0700. The third-order valence-corrected chi connectivity index (χ3v) is 2.60. The Kier molecular flexibility index (Phi) is 1.65. The summed E-state index contributed by atoms with van der Waals surface area (Å²) < 4.78 is 1.90. The van der Waals surface area contributed by atoms with Gasteiger partial charge in [-0.15, -0.1) is 0 Å². The highest BCUT2D eigenvalue weighted by Crippen LogP contribution is 2.05. The number of hydrogen-bond acceptors (Lipinski definition) is 1. The topological polar surface area (TPSA) is 17.8 Å². The zero-order valence-corrected chi connectivity index (χ0v) is 6.97. The van der Waals surface area contributed by atoms with Gasteiger partial charge in [-0.1, -0.05) is 9.24 Å². The molecule has 1 atom stereocenters. The molecule has 1 rings (SSSR count). The molecular formula is C4H8N2P2. The summed E-state index contributed by atoms with van der Waals surface area (Å²) in [6, 6.07) is 0. The van der Waals surface area contributed by atoms with Gasteiger partial charge in [-0.25, -0.2) is 4.44 Å². The summed E-state index contributed by atoms with van der Waals surface area (Å²) in [6.45, 7) is 2.01. The molecule has 1 aromatic rings. The van der Waals surface area contributed by atoms with Gasteiger partial charge in [0, 0.05) is 20.4 Å². The predicted molar refractivity (Wildman–Crippen MR) is 39.8 cm³/mol. The fourth-order valence-electron chi connectivity index (χ4n) is 0.519. The third kappa shape index (κ3) is 1.07. The van der Waals surface area contributed by atoms with Crippen molar-refractivity contribution in [3.05, 3.63) is 5.69 Å². The normalized spacial score (nSPS) is 10.9. The van der Waals surface area contributed by atoms with Gasteiger partial charge >= 0.3 is 0 Å². The minimum Gasteiger partial charge on any atom is -0.249 e. The van der Waals surface area contributed by atoms with Gasteiger partial charge in [0.2, 0.25) is 0 Å². The van der Waals surface area contributed by atoms with Crippen LogP contribution in [0.3, 0.4) is 0 Å². The molecule has 0 amide bonds. The molecule has 0 N–H and O–H groups in total. The molecule has 0 aliphatic heterocycles. The van der Waals surface area contributed by atoms with Crippen LogP contribution in [0.2, 0.25) is 0 Å². The first-order chi connectivity index (χ1) is 3.70. The summed E-state index contributed by atoms with van der Waals surface area (Å²) in [5, 5.41) is 5.42. The predicted octanol–water partition coefficient (Wildman–Crippen LogP) is 0.809. The molecule has 0 bridgehead atoms. The minimum atomic E-state index is 1.12. The van der Waals surface area contributed by atoms with Crippen molar-refractivity contribution in [2.45, 2.75) is 6.92 Å². The highest BCUT2D eigenvalue weighted by atomic mass is 31.1. The van der Waals surface area contributed by atoms with Crippen molar-refractivity contribution < 1.29 is 0 Å². The molecule has 0 aromatic carbocycles. The highest BCUT2D eigenvalue weighted by molar-refractivity contribution is 7.50. The van der Waals surface area contributed by atoms with Crippen molar-refractivity contribution in [1.82, 2.24) is 9.54 Å². The lowest BCUT2D eigenvalue weighted by Gasteiger charge is -1.78. The lowest BCUT2D eigenvalue weighted by Crippen LogP contribution is -1.86. The Labute approximate surface area is 52.7 Å². The first-order valence-electron chi connectivity index (χ1n) is 2.33. The van der Waals surface area contributed by atoms with Crippen LogP contribution in [-0.4, -0.2) is 9.54 Å². The fourth-order valence-corrected chi connectivity index (χ4v) is 1.76. The van der Waals surface area contributed by atoms with Gasteiger partial charge < -0.3 is 0 Å². The maximum atomic E-state index is 4.15. The number of aryl methyl sites for hydroxylation is 2. The van der Waals surface area contributed by atoms with Gasteiger partial charge in [-0.2, -0.15) is 5.10 Å². The van der Waals surface area contributed by atoms with Gasteiger partial charge in [0.15, 0.2) is 0 Å². The zero-order valence-electron chi connectivity index (χ0n) is 4.92. The van der Waals surface area contributed by atoms with Crippen molar-refractivity contribution in [1.29, 1.82) is 0 Å². The summed E-state index contributed by atoms with van der Waals surface area (Å²) in [5.41, 5.74) is 1.12. The molecule has 0 radical (unpaired) electrons. The van der Waals surface area contributed by atoms with Gasteiger partial charge in [0.25, 0.3) is 0 Å². The lowest BCUT2D eigenvalue weighted by atomic mass is 10.6. The van der Waals surface area contributed by atoms with E-state index >= 15 is 0 Å². The molecule has 1 unspecified atom stereocenters. The molecule has 4 heteroatoms. The molecule has 0 saturated carbocycles. The van der Waals surface area contributed by atoms with Crippen molar-refractivity contribution in [3.8, 4) is 0 Å². The second-order valence-corrected chi connectivity index (χ2v) is 3.98. The van der Waals surface area contributed by atoms with Crippen LogP contribution in [0.4, 0.5) is 0 Å². The fraction of sp³-hybridized carbons (Fsp3) is 0.500. The van der Waals surface area contributed by atoms with E-state index in [2.05, 4.69) is 14.3 Å². The second-order valence-electron chi connectivity index (χ2n) is 1.66. The zero-order chi connectivity index (χ0) is 6.15. The highest BCUT2D eigenvalue weighted by Gasteiger charge is 1.94. The number of rotatable bonds is 0. The minimum absolute atomic E-state index is 1.12. The third-order valence-electron chi connectivity index (χ3n) is 0.918. The van der Waals surface area contributed by atoms with E-state index in [4.69, 9.17) is 0 Å². The van der Waals surface area contributed by atoms with Gasteiger partial charge in [0.05, 0.1) is 5.69 Å². The summed E-state index contributed by atoms with van der Waals surface area (Å²) in [7, 11) is 5.82. The summed E-state index contributed by atoms with van der Waals surface area (Å²) in [6.07, 6.45) is 0. The van der Waals surface area contributed by atoms with Crippen LogP contribution in [-0.2, 0) is 7.05 Å². The molecule has 0 spiro atoms. The van der Waals surface area contributed by atoms with E-state index in [1.54, 1.807) is 0 Å². The van der Waals surface area contributed by atoms with Crippen LogP contribution in [0.5, 0.6) is 0 Å². The molecule has 1 heterocycles.